The summed E-state index contributed by atoms with van der Waals surface area (Å²) >= 11 is 5.93. The van der Waals surface area contributed by atoms with Crippen LogP contribution < -0.4 is 0 Å². The molecule has 1 atom stereocenters. The van der Waals surface area contributed by atoms with E-state index in [1.165, 1.54) is 18.4 Å². The van der Waals surface area contributed by atoms with E-state index in [9.17, 15) is 4.79 Å². The van der Waals surface area contributed by atoms with Crippen molar-refractivity contribution in [2.75, 3.05) is 13.1 Å². The molecule has 4 heteroatoms. The summed E-state index contributed by atoms with van der Waals surface area (Å²) in [6.07, 6.45) is 4.34. The van der Waals surface area contributed by atoms with E-state index in [0.29, 0.717) is 6.04 Å². The zero-order valence-electron chi connectivity index (χ0n) is 11.0. The molecule has 0 amide bonds. The number of hydrogen-bond acceptors (Lipinski definition) is 2. The first-order valence-corrected chi connectivity index (χ1v) is 7.26. The normalized spacial score (nSPS) is 17.5. The summed E-state index contributed by atoms with van der Waals surface area (Å²) in [5.41, 5.74) is 1.25. The number of likely N-dealkylation sites (tertiary alicyclic amines) is 1. The maximum atomic E-state index is 10.7. The third-order valence-corrected chi connectivity index (χ3v) is 3.96. The van der Waals surface area contributed by atoms with E-state index in [0.717, 1.165) is 31.0 Å². The lowest BCUT2D eigenvalue weighted by Crippen LogP contribution is -2.25. The van der Waals surface area contributed by atoms with Crippen LogP contribution in [0.3, 0.4) is 0 Å². The predicted molar refractivity (Wildman–Crippen MR) is 76.5 cm³/mol. The zero-order chi connectivity index (χ0) is 13.7. The molecule has 1 aromatic rings. The van der Waals surface area contributed by atoms with Crippen molar-refractivity contribution in [2.45, 2.75) is 38.1 Å². The van der Waals surface area contributed by atoms with Gasteiger partial charge >= 0.3 is 5.97 Å². The van der Waals surface area contributed by atoms with Crippen molar-refractivity contribution in [3.63, 3.8) is 0 Å². The highest BCUT2D eigenvalue weighted by molar-refractivity contribution is 6.30. The van der Waals surface area contributed by atoms with Gasteiger partial charge in [-0.05, 0) is 56.5 Å². The first-order chi connectivity index (χ1) is 9.16. The fraction of sp³-hybridized carbons (Fsp3) is 0.533. The number of carbonyl (C=O) groups is 1. The molecule has 1 aliphatic rings. The number of hydrogen-bond donors (Lipinski definition) is 1. The Kier molecular flexibility index (Phi) is 5.23. The largest absolute Gasteiger partial charge is 0.481 e. The molecule has 2 rings (SSSR count). The summed E-state index contributed by atoms with van der Waals surface area (Å²) < 4.78 is 0. The van der Waals surface area contributed by atoms with Crippen LogP contribution in [0.25, 0.3) is 0 Å². The van der Waals surface area contributed by atoms with E-state index in [2.05, 4.69) is 17.0 Å². The Balaban J connectivity index is 2.04. The average molecular weight is 282 g/mol. The molecule has 104 valence electrons. The van der Waals surface area contributed by atoms with Crippen LogP contribution in [0.15, 0.2) is 24.3 Å². The fourth-order valence-corrected chi connectivity index (χ4v) is 2.87. The molecule has 1 heterocycles. The second-order valence-corrected chi connectivity index (χ2v) is 5.53. The van der Waals surface area contributed by atoms with Crippen LogP contribution in [0, 0.1) is 0 Å². The summed E-state index contributed by atoms with van der Waals surface area (Å²) in [6.45, 7) is 2.22. The molecule has 0 radical (unpaired) electrons. The minimum absolute atomic E-state index is 0.248. The molecule has 0 aromatic heterocycles. The number of halogens is 1. The number of nitrogens with zero attached hydrogens (tertiary/aromatic N) is 1. The molecule has 0 bridgehead atoms. The number of carboxylic acids is 1. The highest BCUT2D eigenvalue weighted by atomic mass is 35.5. The Hall–Kier alpha value is -1.06. The number of rotatable bonds is 6. The number of aliphatic carboxylic acids is 1. The third kappa shape index (κ3) is 4.22. The SMILES string of the molecule is O=C(O)CCCC(c1ccc(Cl)cc1)N1CCCC1. The molecule has 1 unspecified atom stereocenters. The van der Waals surface area contributed by atoms with Crippen molar-refractivity contribution in [3.05, 3.63) is 34.9 Å². The minimum atomic E-state index is -0.712. The van der Waals surface area contributed by atoms with Gasteiger partial charge in [0.25, 0.3) is 0 Å². The molecule has 19 heavy (non-hydrogen) atoms. The summed E-state index contributed by atoms with van der Waals surface area (Å²) in [7, 11) is 0. The Labute approximate surface area is 119 Å². The molecular formula is C15H20ClNO2. The van der Waals surface area contributed by atoms with Gasteiger partial charge in [0, 0.05) is 17.5 Å². The Morgan fingerprint density at radius 1 is 1.26 bits per heavy atom. The molecular weight excluding hydrogens is 262 g/mol. The van der Waals surface area contributed by atoms with E-state index < -0.39 is 5.97 Å². The first kappa shape index (κ1) is 14.4. The smallest absolute Gasteiger partial charge is 0.303 e. The highest BCUT2D eigenvalue weighted by Gasteiger charge is 2.23. The number of benzene rings is 1. The van der Waals surface area contributed by atoms with E-state index in [-0.39, 0.29) is 6.42 Å². The Bertz CT molecular complexity index is 413. The predicted octanol–water partition coefficient (Wildman–Crippen LogP) is 3.73. The van der Waals surface area contributed by atoms with Crippen molar-refractivity contribution in [3.8, 4) is 0 Å². The second kappa shape index (κ2) is 6.92. The lowest BCUT2D eigenvalue weighted by Gasteiger charge is -2.28. The lowest BCUT2D eigenvalue weighted by atomic mass is 9.99. The quantitative estimate of drug-likeness (QED) is 0.864. The molecule has 3 nitrogen and oxygen atoms in total. The Morgan fingerprint density at radius 2 is 1.89 bits per heavy atom. The monoisotopic (exact) mass is 281 g/mol. The van der Waals surface area contributed by atoms with Crippen LogP contribution in [-0.4, -0.2) is 29.1 Å². The van der Waals surface area contributed by atoms with Crippen molar-refractivity contribution in [1.82, 2.24) is 4.90 Å². The molecule has 1 N–H and O–H groups in total. The van der Waals surface area contributed by atoms with Crippen LogP contribution in [0.2, 0.25) is 5.02 Å². The number of carboxylic acid groups (broad SMARTS) is 1. The fourth-order valence-electron chi connectivity index (χ4n) is 2.74. The van der Waals surface area contributed by atoms with Gasteiger partial charge in [0.1, 0.15) is 0 Å². The lowest BCUT2D eigenvalue weighted by molar-refractivity contribution is -0.137. The van der Waals surface area contributed by atoms with Crippen molar-refractivity contribution < 1.29 is 9.90 Å². The second-order valence-electron chi connectivity index (χ2n) is 5.10. The molecule has 1 fully saturated rings. The van der Waals surface area contributed by atoms with Crippen molar-refractivity contribution in [2.24, 2.45) is 0 Å². The Morgan fingerprint density at radius 3 is 2.47 bits per heavy atom. The minimum Gasteiger partial charge on any atom is -0.481 e. The molecule has 0 spiro atoms. The van der Waals surface area contributed by atoms with Crippen LogP contribution in [-0.2, 0) is 4.79 Å². The van der Waals surface area contributed by atoms with Gasteiger partial charge in [0.2, 0.25) is 0 Å². The zero-order valence-corrected chi connectivity index (χ0v) is 11.8. The van der Waals surface area contributed by atoms with Gasteiger partial charge in [0.15, 0.2) is 0 Å². The average Bonchev–Trinajstić information content (AvgIpc) is 2.89. The van der Waals surface area contributed by atoms with Crippen LogP contribution in [0.5, 0.6) is 0 Å². The van der Waals surface area contributed by atoms with Gasteiger partial charge < -0.3 is 5.11 Å². The third-order valence-electron chi connectivity index (χ3n) is 3.70. The van der Waals surface area contributed by atoms with Crippen LogP contribution >= 0.6 is 11.6 Å². The van der Waals surface area contributed by atoms with Gasteiger partial charge in [-0.15, -0.1) is 0 Å². The van der Waals surface area contributed by atoms with E-state index >= 15 is 0 Å². The van der Waals surface area contributed by atoms with Gasteiger partial charge in [-0.3, -0.25) is 9.69 Å². The van der Waals surface area contributed by atoms with Crippen LogP contribution in [0.4, 0.5) is 0 Å². The molecule has 0 aliphatic carbocycles. The standard InChI is InChI=1S/C15H20ClNO2/c16-13-8-6-12(7-9-13)14(4-3-5-15(18)19)17-10-1-2-11-17/h6-9,14H,1-5,10-11H2,(H,18,19). The van der Waals surface area contributed by atoms with Gasteiger partial charge in [-0.2, -0.15) is 0 Å². The maximum Gasteiger partial charge on any atom is 0.303 e. The summed E-state index contributed by atoms with van der Waals surface area (Å²) in [5.74, 6) is -0.712. The van der Waals surface area contributed by atoms with Gasteiger partial charge in [-0.25, -0.2) is 0 Å². The summed E-state index contributed by atoms with van der Waals surface area (Å²) in [4.78, 5) is 13.1. The molecule has 0 saturated carbocycles. The van der Waals surface area contributed by atoms with Crippen molar-refractivity contribution in [1.29, 1.82) is 0 Å². The van der Waals surface area contributed by atoms with Gasteiger partial charge in [0.05, 0.1) is 0 Å². The van der Waals surface area contributed by atoms with E-state index in [1.54, 1.807) is 0 Å². The molecule has 1 aliphatic heterocycles. The van der Waals surface area contributed by atoms with Crippen LogP contribution in [0.1, 0.15) is 43.7 Å². The summed E-state index contributed by atoms with van der Waals surface area (Å²) in [6, 6.07) is 8.28. The van der Waals surface area contributed by atoms with Gasteiger partial charge in [-0.1, -0.05) is 23.7 Å². The maximum absolute atomic E-state index is 10.7. The first-order valence-electron chi connectivity index (χ1n) is 6.88. The molecule has 1 saturated heterocycles. The summed E-state index contributed by atoms with van der Waals surface area (Å²) in [5, 5.41) is 9.51. The van der Waals surface area contributed by atoms with E-state index in [4.69, 9.17) is 16.7 Å². The highest BCUT2D eigenvalue weighted by Crippen LogP contribution is 2.30. The topological polar surface area (TPSA) is 40.5 Å². The van der Waals surface area contributed by atoms with Crippen molar-refractivity contribution >= 4 is 17.6 Å². The molecule has 1 aromatic carbocycles. The van der Waals surface area contributed by atoms with E-state index in [1.807, 2.05) is 12.1 Å².